The normalized spacial score (nSPS) is 30.1. The number of benzene rings is 1. The molecule has 0 radical (unpaired) electrons. The third-order valence-corrected chi connectivity index (χ3v) is 4.64. The van der Waals surface area contributed by atoms with Crippen LogP contribution in [0.5, 0.6) is 0 Å². The van der Waals surface area contributed by atoms with Crippen LogP contribution < -0.4 is 5.32 Å². The molecule has 2 aliphatic rings. The summed E-state index contributed by atoms with van der Waals surface area (Å²) < 4.78 is 11.2. The predicted molar refractivity (Wildman–Crippen MR) is 84.7 cm³/mol. The van der Waals surface area contributed by atoms with Crippen LogP contribution in [0.25, 0.3) is 0 Å². The molecule has 3 heteroatoms. The van der Waals surface area contributed by atoms with Crippen LogP contribution in [0.15, 0.2) is 24.3 Å². The molecule has 0 aromatic heterocycles. The lowest BCUT2D eigenvalue weighted by Crippen LogP contribution is -2.46. The van der Waals surface area contributed by atoms with Crippen LogP contribution in [0.2, 0.25) is 0 Å². The van der Waals surface area contributed by atoms with Crippen LogP contribution in [0.1, 0.15) is 43.2 Å². The van der Waals surface area contributed by atoms with Gasteiger partial charge in [-0.15, -0.1) is 0 Å². The maximum absolute atomic E-state index is 5.87. The van der Waals surface area contributed by atoms with E-state index in [0.29, 0.717) is 18.2 Å². The Balaban J connectivity index is 1.36. The van der Waals surface area contributed by atoms with Gasteiger partial charge in [0.05, 0.1) is 19.3 Å². The number of aryl methyl sites for hydroxylation is 1. The molecule has 0 amide bonds. The van der Waals surface area contributed by atoms with Crippen molar-refractivity contribution < 1.29 is 9.47 Å². The Kier molecular flexibility index (Phi) is 4.94. The summed E-state index contributed by atoms with van der Waals surface area (Å²) in [5.74, 6) is 0.735. The smallest absolute Gasteiger partial charge is 0.0831 e. The average Bonchev–Trinajstić information content (AvgIpc) is 2.93. The number of hydrogen-bond donors (Lipinski definition) is 1. The monoisotopic (exact) mass is 289 g/mol. The summed E-state index contributed by atoms with van der Waals surface area (Å²) in [5, 5.41) is 3.69. The van der Waals surface area contributed by atoms with Crippen molar-refractivity contribution in [1.29, 1.82) is 0 Å². The summed E-state index contributed by atoms with van der Waals surface area (Å²) in [6.45, 7) is 6.80. The molecule has 3 rings (SSSR count). The van der Waals surface area contributed by atoms with E-state index in [2.05, 4.69) is 43.4 Å². The molecule has 1 aliphatic carbocycles. The molecule has 3 nitrogen and oxygen atoms in total. The fraction of sp³-hybridized carbons (Fsp3) is 0.667. The van der Waals surface area contributed by atoms with Crippen LogP contribution in [-0.4, -0.2) is 38.0 Å². The molecule has 2 fully saturated rings. The van der Waals surface area contributed by atoms with E-state index in [-0.39, 0.29) is 0 Å². The molecule has 0 spiro atoms. The summed E-state index contributed by atoms with van der Waals surface area (Å²) in [7, 11) is 0. The van der Waals surface area contributed by atoms with Gasteiger partial charge in [0, 0.05) is 18.7 Å². The summed E-state index contributed by atoms with van der Waals surface area (Å²) in [6.07, 6.45) is 3.86. The van der Waals surface area contributed by atoms with Gasteiger partial charge in [-0.05, 0) is 44.6 Å². The largest absolute Gasteiger partial charge is 0.379 e. The predicted octanol–water partition coefficient (Wildman–Crippen LogP) is 3.02. The SMILES string of the molecule is Cc1cccc(C2CC(N[C@H](C)CO[C@@H]3CCOC3)C2)c1. The zero-order chi connectivity index (χ0) is 14.7. The quantitative estimate of drug-likeness (QED) is 0.873. The molecular formula is C18H27NO2. The van der Waals surface area contributed by atoms with E-state index in [9.17, 15) is 0 Å². The second kappa shape index (κ2) is 6.91. The number of nitrogens with one attached hydrogen (secondary N) is 1. The lowest BCUT2D eigenvalue weighted by Gasteiger charge is -2.38. The Labute approximate surface area is 128 Å². The highest BCUT2D eigenvalue weighted by Crippen LogP contribution is 2.37. The molecule has 1 saturated carbocycles. The van der Waals surface area contributed by atoms with Crippen LogP contribution >= 0.6 is 0 Å². The topological polar surface area (TPSA) is 30.5 Å². The highest BCUT2D eigenvalue weighted by molar-refractivity contribution is 5.27. The summed E-state index contributed by atoms with van der Waals surface area (Å²) in [6, 6.07) is 10.0. The zero-order valence-corrected chi connectivity index (χ0v) is 13.2. The minimum Gasteiger partial charge on any atom is -0.379 e. The summed E-state index contributed by atoms with van der Waals surface area (Å²) in [4.78, 5) is 0. The van der Waals surface area contributed by atoms with E-state index in [1.165, 1.54) is 24.0 Å². The van der Waals surface area contributed by atoms with Gasteiger partial charge in [-0.1, -0.05) is 29.8 Å². The van der Waals surface area contributed by atoms with Crippen molar-refractivity contribution in [2.45, 2.75) is 57.2 Å². The molecular weight excluding hydrogens is 262 g/mol. The standard InChI is InChI=1S/C18H27NO2/c1-13-4-3-5-15(8-13)16-9-17(10-16)19-14(2)11-21-18-6-7-20-12-18/h3-5,8,14,16-19H,6-7,9-12H2,1-2H3/t14-,16?,17?,18-/m1/s1. The number of rotatable bonds is 6. The van der Waals surface area contributed by atoms with Crippen molar-refractivity contribution >= 4 is 0 Å². The first-order chi connectivity index (χ1) is 10.2. The lowest BCUT2D eigenvalue weighted by molar-refractivity contribution is 0.0285. The minimum absolute atomic E-state index is 0.315. The third kappa shape index (κ3) is 4.06. The Morgan fingerprint density at radius 2 is 2.24 bits per heavy atom. The number of hydrogen-bond acceptors (Lipinski definition) is 3. The Morgan fingerprint density at radius 3 is 2.95 bits per heavy atom. The zero-order valence-electron chi connectivity index (χ0n) is 13.2. The second-order valence-electron chi connectivity index (χ2n) is 6.67. The molecule has 1 saturated heterocycles. The maximum Gasteiger partial charge on any atom is 0.0831 e. The van der Waals surface area contributed by atoms with Crippen molar-refractivity contribution in [3.63, 3.8) is 0 Å². The van der Waals surface area contributed by atoms with Gasteiger partial charge < -0.3 is 14.8 Å². The van der Waals surface area contributed by atoms with Crippen LogP contribution in [-0.2, 0) is 9.47 Å². The Hall–Kier alpha value is -0.900. The van der Waals surface area contributed by atoms with Crippen molar-refractivity contribution in [2.24, 2.45) is 0 Å². The molecule has 1 aliphatic heterocycles. The maximum atomic E-state index is 5.87. The van der Waals surface area contributed by atoms with Gasteiger partial charge in [0.25, 0.3) is 0 Å². The van der Waals surface area contributed by atoms with E-state index in [1.54, 1.807) is 0 Å². The Bertz CT molecular complexity index is 450. The molecule has 116 valence electrons. The van der Waals surface area contributed by atoms with Gasteiger partial charge >= 0.3 is 0 Å². The molecule has 21 heavy (non-hydrogen) atoms. The third-order valence-electron chi connectivity index (χ3n) is 4.64. The fourth-order valence-electron chi connectivity index (χ4n) is 3.33. The minimum atomic E-state index is 0.315. The highest BCUT2D eigenvalue weighted by atomic mass is 16.5. The summed E-state index contributed by atoms with van der Waals surface area (Å²) >= 11 is 0. The molecule has 1 aromatic carbocycles. The first-order valence-corrected chi connectivity index (χ1v) is 8.22. The lowest BCUT2D eigenvalue weighted by atomic mass is 9.75. The van der Waals surface area contributed by atoms with E-state index in [1.807, 2.05) is 0 Å². The van der Waals surface area contributed by atoms with Crippen molar-refractivity contribution in [3.8, 4) is 0 Å². The molecule has 0 unspecified atom stereocenters. The molecule has 1 heterocycles. The first kappa shape index (κ1) is 15.0. The average molecular weight is 289 g/mol. The summed E-state index contributed by atoms with van der Waals surface area (Å²) in [5.41, 5.74) is 2.87. The van der Waals surface area contributed by atoms with E-state index < -0.39 is 0 Å². The van der Waals surface area contributed by atoms with Crippen LogP contribution in [0.3, 0.4) is 0 Å². The van der Waals surface area contributed by atoms with Gasteiger partial charge in [0.1, 0.15) is 0 Å². The molecule has 1 N–H and O–H groups in total. The van der Waals surface area contributed by atoms with Crippen LogP contribution in [0, 0.1) is 6.92 Å². The fourth-order valence-corrected chi connectivity index (χ4v) is 3.33. The van der Waals surface area contributed by atoms with E-state index >= 15 is 0 Å². The Morgan fingerprint density at radius 1 is 1.38 bits per heavy atom. The van der Waals surface area contributed by atoms with Crippen molar-refractivity contribution in [2.75, 3.05) is 19.8 Å². The van der Waals surface area contributed by atoms with Gasteiger partial charge in [0.15, 0.2) is 0 Å². The molecule has 0 bridgehead atoms. The van der Waals surface area contributed by atoms with Crippen molar-refractivity contribution in [1.82, 2.24) is 5.32 Å². The van der Waals surface area contributed by atoms with Gasteiger partial charge in [-0.3, -0.25) is 0 Å². The van der Waals surface area contributed by atoms with Crippen LogP contribution in [0.4, 0.5) is 0 Å². The van der Waals surface area contributed by atoms with Gasteiger partial charge in [-0.2, -0.15) is 0 Å². The van der Waals surface area contributed by atoms with E-state index in [4.69, 9.17) is 9.47 Å². The highest BCUT2D eigenvalue weighted by Gasteiger charge is 2.31. The molecule has 1 aromatic rings. The second-order valence-corrected chi connectivity index (χ2v) is 6.67. The van der Waals surface area contributed by atoms with Gasteiger partial charge in [0.2, 0.25) is 0 Å². The van der Waals surface area contributed by atoms with Crippen molar-refractivity contribution in [3.05, 3.63) is 35.4 Å². The molecule has 2 atom stereocenters. The van der Waals surface area contributed by atoms with E-state index in [0.717, 1.165) is 32.2 Å². The first-order valence-electron chi connectivity index (χ1n) is 8.22. The van der Waals surface area contributed by atoms with Gasteiger partial charge in [-0.25, -0.2) is 0 Å². The number of ether oxygens (including phenoxy) is 2.